The Morgan fingerprint density at radius 1 is 0.145 bits per heavy atom. The van der Waals surface area contributed by atoms with E-state index < -0.39 is 0 Å². The summed E-state index contributed by atoms with van der Waals surface area (Å²) in [5.41, 5.74) is 31.7. The number of benzene rings is 17. The van der Waals surface area contributed by atoms with Gasteiger partial charge in [-0.3, -0.25) is 0 Å². The van der Waals surface area contributed by atoms with E-state index in [4.69, 9.17) is 43.2 Å². The molecule has 0 fully saturated rings. The van der Waals surface area contributed by atoms with Crippen molar-refractivity contribution in [3.05, 3.63) is 413 Å². The number of nitrogens with zero attached hydrogens (tertiary/aromatic N) is 6. The number of para-hydroxylation sites is 4. The highest BCUT2D eigenvalue weighted by Gasteiger charge is 2.21. The molecule has 17 aromatic carbocycles. The summed E-state index contributed by atoms with van der Waals surface area (Å²) in [4.78, 5) is 30.7. The summed E-state index contributed by atoms with van der Waals surface area (Å²) in [6, 6.07) is 142. The van der Waals surface area contributed by atoms with Crippen molar-refractivity contribution in [2.45, 2.75) is 0 Å². The van der Waals surface area contributed by atoms with Crippen LogP contribution in [0.4, 0.5) is 0 Å². The van der Waals surface area contributed by atoms with Crippen LogP contribution in [0, 0.1) is 0 Å². The molecule has 23 aromatic rings. The Morgan fingerprint density at radius 2 is 0.453 bits per heavy atom. The maximum atomic E-state index is 6.17. The number of hydrogen-bond donors (Lipinski definition) is 0. The lowest BCUT2D eigenvalue weighted by Gasteiger charge is -2.13. The second-order valence-corrected chi connectivity index (χ2v) is 29.1. The van der Waals surface area contributed by atoms with Gasteiger partial charge in [0.2, 0.25) is 0 Å². The van der Waals surface area contributed by atoms with Gasteiger partial charge in [0.25, 0.3) is 0 Å². The van der Waals surface area contributed by atoms with Crippen LogP contribution >= 0.6 is 0 Å². The zero-order valence-electron chi connectivity index (χ0n) is 63.2. The normalized spacial score (nSPS) is 11.4. The Kier molecular flexibility index (Phi) is 17.7. The van der Waals surface area contributed by atoms with Gasteiger partial charge in [0.05, 0.1) is 56.1 Å². The summed E-state index contributed by atoms with van der Waals surface area (Å²) in [5, 5.41) is 7.85. The lowest BCUT2D eigenvalue weighted by atomic mass is 9.97. The number of hydrogen-bond acceptors (Lipinski definition) is 9. The van der Waals surface area contributed by atoms with Crippen LogP contribution in [0.5, 0.6) is 0 Å². The summed E-state index contributed by atoms with van der Waals surface area (Å²) in [5.74, 6) is 0.724. The predicted molar refractivity (Wildman–Crippen MR) is 480 cm³/mol. The summed E-state index contributed by atoms with van der Waals surface area (Å²) in [6.45, 7) is 0. The van der Waals surface area contributed by atoms with Gasteiger partial charge in [-0.05, 0) is 147 Å². The molecule has 0 amide bonds. The monoisotopic (exact) mass is 1500 g/mol. The zero-order valence-corrected chi connectivity index (χ0v) is 63.2. The molecule has 548 valence electrons. The first-order chi connectivity index (χ1) is 57.9. The van der Waals surface area contributed by atoms with E-state index in [1.54, 1.807) is 0 Å². The number of furan rings is 3. The fourth-order valence-corrected chi connectivity index (χ4v) is 16.0. The second-order valence-electron chi connectivity index (χ2n) is 29.1. The van der Waals surface area contributed by atoms with Crippen LogP contribution in [0.25, 0.3) is 222 Å². The van der Waals surface area contributed by atoms with Crippen LogP contribution in [-0.4, -0.2) is 29.9 Å². The van der Waals surface area contributed by atoms with Crippen LogP contribution < -0.4 is 0 Å². The van der Waals surface area contributed by atoms with Crippen molar-refractivity contribution < 1.29 is 13.3 Å². The Hall–Kier alpha value is -15.8. The molecule has 0 saturated heterocycles. The molecule has 0 N–H and O–H groups in total. The van der Waals surface area contributed by atoms with Crippen molar-refractivity contribution in [3.8, 4) is 123 Å². The van der Waals surface area contributed by atoms with Crippen LogP contribution in [0.3, 0.4) is 0 Å². The van der Waals surface area contributed by atoms with Crippen LogP contribution in [0.2, 0.25) is 0 Å². The summed E-state index contributed by atoms with van der Waals surface area (Å²) < 4.78 is 18.5. The van der Waals surface area contributed by atoms with Gasteiger partial charge in [0.15, 0.2) is 5.82 Å². The van der Waals surface area contributed by atoms with Crippen molar-refractivity contribution in [1.82, 2.24) is 29.9 Å². The van der Waals surface area contributed by atoms with Gasteiger partial charge >= 0.3 is 0 Å². The van der Waals surface area contributed by atoms with Gasteiger partial charge in [-0.1, -0.05) is 315 Å². The van der Waals surface area contributed by atoms with Crippen molar-refractivity contribution >= 4 is 98.8 Å². The lowest BCUT2D eigenvalue weighted by molar-refractivity contribution is 0.668. The minimum absolute atomic E-state index is 0.724. The minimum Gasteiger partial charge on any atom is -0.456 e. The topological polar surface area (TPSA) is 117 Å². The predicted octanol–water partition coefficient (Wildman–Crippen LogP) is 28.9. The zero-order chi connectivity index (χ0) is 77.5. The second kappa shape index (κ2) is 30.0. The van der Waals surface area contributed by atoms with E-state index >= 15 is 0 Å². The third kappa shape index (κ3) is 13.4. The number of aromatic nitrogens is 6. The van der Waals surface area contributed by atoms with E-state index in [0.717, 1.165) is 222 Å². The quantitative estimate of drug-likeness (QED) is 0.125. The van der Waals surface area contributed by atoms with Crippen LogP contribution in [0.15, 0.2) is 426 Å². The minimum atomic E-state index is 0.724. The molecule has 0 unspecified atom stereocenters. The first kappa shape index (κ1) is 69.1. The molecule has 23 rings (SSSR count). The first-order valence-corrected chi connectivity index (χ1v) is 39.2. The van der Waals surface area contributed by atoms with E-state index in [1.807, 2.05) is 170 Å². The van der Waals surface area contributed by atoms with Crippen molar-refractivity contribution in [3.63, 3.8) is 0 Å². The Bertz CT molecular complexity index is 7630. The molecular formula is C108H68N6O3. The summed E-state index contributed by atoms with van der Waals surface area (Å²) in [7, 11) is 0. The standard InChI is InChI=1S/2C38H24N2O.C32H20N2O/c1-3-11-25(12-4-1)36-37(26-13-5-2-6-14-26)40-38-30(18-10-19-33(38)39-36)29-16-9-15-27(23-29)28-21-22-32-31-17-7-8-20-34(31)41-35(32)24-28;1-3-10-25(11-4-1)37-38(26-12-5-2-6-13-26)40-34-23-29(19-21-33(34)39-37)27-14-9-15-28(22-27)30-18-20-32-31-16-7-8-17-35(31)41-36(32)24-30;1-3-9-21(10-4-1)31-27-18-16-23(19-28(27)33-32(34-31)22-11-5-2-6-12-22)24-15-17-26-25-13-7-8-14-29(25)35-30(26)20-24/h2*1-24H;1-20H. The fourth-order valence-electron chi connectivity index (χ4n) is 16.0. The molecule has 0 aliphatic carbocycles. The van der Waals surface area contributed by atoms with Gasteiger partial charge in [0.1, 0.15) is 33.5 Å². The largest absolute Gasteiger partial charge is 0.456 e. The van der Waals surface area contributed by atoms with Gasteiger partial charge in [0, 0.05) is 76.6 Å². The number of fused-ring (bicyclic) bond motifs is 12. The molecular weight excluding hydrogens is 1430 g/mol. The Balaban J connectivity index is 0.000000110. The molecule has 0 aliphatic rings. The maximum absolute atomic E-state index is 6.17. The Morgan fingerprint density at radius 3 is 0.906 bits per heavy atom. The fraction of sp³-hybridized carbons (Fsp3) is 0. The van der Waals surface area contributed by atoms with Crippen molar-refractivity contribution in [2.24, 2.45) is 0 Å². The van der Waals surface area contributed by atoms with E-state index in [9.17, 15) is 0 Å². The SMILES string of the molecule is c1ccc(-c2nc(-c3ccccc3)c3ccc(-c4ccc5c(c4)oc4ccccc45)cc3n2)cc1.c1ccc(-c2nc3ccc(-c4cccc(-c5ccc6c(c5)oc5ccccc56)c4)cc3nc2-c2ccccc2)cc1.c1ccc(-c2nc3cccc(-c4cccc(-c5ccc6c(c5)oc5ccccc56)c4)c3nc2-c2ccccc2)cc1. The molecule has 9 heteroatoms. The lowest BCUT2D eigenvalue weighted by Crippen LogP contribution is -1.97. The molecule has 117 heavy (non-hydrogen) atoms. The molecule has 0 saturated carbocycles. The van der Waals surface area contributed by atoms with E-state index in [-0.39, 0.29) is 0 Å². The summed E-state index contributed by atoms with van der Waals surface area (Å²) in [6.07, 6.45) is 0. The highest BCUT2D eigenvalue weighted by Crippen LogP contribution is 2.42. The van der Waals surface area contributed by atoms with E-state index in [1.165, 1.54) is 0 Å². The molecule has 9 nitrogen and oxygen atoms in total. The molecule has 0 atom stereocenters. The van der Waals surface area contributed by atoms with Crippen LogP contribution in [0.1, 0.15) is 0 Å². The third-order valence-corrected chi connectivity index (χ3v) is 21.8. The summed E-state index contributed by atoms with van der Waals surface area (Å²) >= 11 is 0. The molecule has 6 heterocycles. The van der Waals surface area contributed by atoms with E-state index in [0.29, 0.717) is 0 Å². The molecule has 0 radical (unpaired) electrons. The van der Waals surface area contributed by atoms with Crippen LogP contribution in [-0.2, 0) is 0 Å². The van der Waals surface area contributed by atoms with Crippen molar-refractivity contribution in [2.75, 3.05) is 0 Å². The number of rotatable bonds is 11. The van der Waals surface area contributed by atoms with Gasteiger partial charge in [-0.2, -0.15) is 0 Å². The van der Waals surface area contributed by atoms with Crippen molar-refractivity contribution in [1.29, 1.82) is 0 Å². The average Bonchev–Trinajstić information content (AvgIpc) is 0.973. The van der Waals surface area contributed by atoms with E-state index in [2.05, 4.69) is 243 Å². The third-order valence-electron chi connectivity index (χ3n) is 21.8. The molecule has 0 bridgehead atoms. The van der Waals surface area contributed by atoms with Gasteiger partial charge in [-0.25, -0.2) is 29.9 Å². The molecule has 0 aliphatic heterocycles. The maximum Gasteiger partial charge on any atom is 0.160 e. The highest BCUT2D eigenvalue weighted by molar-refractivity contribution is 6.09. The molecule has 0 spiro atoms. The van der Waals surface area contributed by atoms with Gasteiger partial charge in [-0.15, -0.1) is 0 Å². The first-order valence-electron chi connectivity index (χ1n) is 39.2. The smallest absolute Gasteiger partial charge is 0.160 e. The molecule has 6 aromatic heterocycles. The average molecular weight is 1500 g/mol. The highest BCUT2D eigenvalue weighted by atomic mass is 16.3. The van der Waals surface area contributed by atoms with Gasteiger partial charge < -0.3 is 13.3 Å². The Labute approximate surface area is 673 Å².